The molecule has 0 amide bonds. The van der Waals surface area contributed by atoms with Crippen LogP contribution in [0.1, 0.15) is 38.3 Å². The van der Waals surface area contributed by atoms with Gasteiger partial charge < -0.3 is 9.13 Å². The molecular weight excluding hydrogens is 200 g/mol. The summed E-state index contributed by atoms with van der Waals surface area (Å²) in [6.45, 7) is 8.20. The van der Waals surface area contributed by atoms with Crippen LogP contribution in [-0.4, -0.2) is 19.1 Å². The second-order valence-corrected chi connectivity index (χ2v) is 4.20. The van der Waals surface area contributed by atoms with Crippen LogP contribution < -0.4 is 0 Å². The van der Waals surface area contributed by atoms with Crippen molar-refractivity contribution in [3.63, 3.8) is 0 Å². The van der Waals surface area contributed by atoms with Crippen molar-refractivity contribution in [2.24, 2.45) is 0 Å². The van der Waals surface area contributed by atoms with Gasteiger partial charge in [0.2, 0.25) is 0 Å². The highest BCUT2D eigenvalue weighted by Crippen LogP contribution is 2.13. The van der Waals surface area contributed by atoms with Crippen molar-refractivity contribution in [1.82, 2.24) is 19.1 Å². The van der Waals surface area contributed by atoms with E-state index in [0.29, 0.717) is 5.92 Å². The zero-order chi connectivity index (χ0) is 11.5. The lowest BCUT2D eigenvalue weighted by Crippen LogP contribution is -2.10. The Balaban J connectivity index is 2.23. The highest BCUT2D eigenvalue weighted by molar-refractivity contribution is 5.02. The highest BCUT2D eigenvalue weighted by atomic mass is 15.1. The molecule has 0 atom stereocenters. The van der Waals surface area contributed by atoms with Crippen molar-refractivity contribution in [3.05, 3.63) is 36.4 Å². The Labute approximate surface area is 96.0 Å². The monoisotopic (exact) mass is 218 g/mol. The summed E-state index contributed by atoms with van der Waals surface area (Å²) < 4.78 is 4.32. The fraction of sp³-hybridized carbons (Fsp3) is 0.500. The Hall–Kier alpha value is -1.58. The first kappa shape index (κ1) is 10.9. The molecule has 2 rings (SSSR count). The molecule has 2 aromatic heterocycles. The lowest BCUT2D eigenvalue weighted by molar-refractivity contribution is 0.611. The van der Waals surface area contributed by atoms with E-state index in [1.807, 2.05) is 24.8 Å². The molecule has 0 N–H and O–H groups in total. The van der Waals surface area contributed by atoms with Crippen LogP contribution in [0.5, 0.6) is 0 Å². The molecule has 0 radical (unpaired) electrons. The average molecular weight is 218 g/mol. The smallest absolute Gasteiger partial charge is 0.128 e. The summed E-state index contributed by atoms with van der Waals surface area (Å²) in [5.74, 6) is 2.65. The molecule has 0 spiro atoms. The lowest BCUT2D eigenvalue weighted by atomic mass is 10.2. The minimum absolute atomic E-state index is 0.444. The minimum Gasteiger partial charge on any atom is -0.334 e. The van der Waals surface area contributed by atoms with Gasteiger partial charge in [-0.15, -0.1) is 0 Å². The third-order valence-electron chi connectivity index (χ3n) is 2.72. The lowest BCUT2D eigenvalue weighted by Gasteiger charge is -2.10. The third kappa shape index (κ3) is 2.01. The molecule has 4 nitrogen and oxygen atoms in total. The van der Waals surface area contributed by atoms with Gasteiger partial charge in [0.05, 0.1) is 6.54 Å². The van der Waals surface area contributed by atoms with E-state index in [1.54, 1.807) is 0 Å². The Bertz CT molecular complexity index is 453. The SMILES string of the molecule is CCn1ccnc1Cn1ccnc1C(C)C. The summed E-state index contributed by atoms with van der Waals surface area (Å²) >= 11 is 0. The molecule has 0 fully saturated rings. The van der Waals surface area contributed by atoms with Crippen molar-refractivity contribution < 1.29 is 0 Å². The second-order valence-electron chi connectivity index (χ2n) is 4.20. The zero-order valence-corrected chi connectivity index (χ0v) is 10.1. The van der Waals surface area contributed by atoms with Crippen molar-refractivity contribution in [1.29, 1.82) is 0 Å². The van der Waals surface area contributed by atoms with E-state index in [1.165, 1.54) is 0 Å². The third-order valence-corrected chi connectivity index (χ3v) is 2.72. The van der Waals surface area contributed by atoms with Crippen molar-refractivity contribution in [2.45, 2.75) is 39.8 Å². The number of hydrogen-bond acceptors (Lipinski definition) is 2. The Kier molecular flexibility index (Phi) is 3.08. The molecule has 4 heteroatoms. The van der Waals surface area contributed by atoms with E-state index in [-0.39, 0.29) is 0 Å². The van der Waals surface area contributed by atoms with E-state index >= 15 is 0 Å². The Morgan fingerprint density at radius 3 is 2.50 bits per heavy atom. The van der Waals surface area contributed by atoms with Crippen molar-refractivity contribution in [2.75, 3.05) is 0 Å². The van der Waals surface area contributed by atoms with Gasteiger partial charge in [0, 0.05) is 37.3 Å². The number of nitrogens with zero attached hydrogens (tertiary/aromatic N) is 4. The molecule has 0 saturated carbocycles. The van der Waals surface area contributed by atoms with Gasteiger partial charge >= 0.3 is 0 Å². The molecule has 0 aliphatic rings. The number of hydrogen-bond donors (Lipinski definition) is 0. The first-order valence-corrected chi connectivity index (χ1v) is 5.73. The van der Waals surface area contributed by atoms with Crippen LogP contribution in [0.3, 0.4) is 0 Å². The van der Waals surface area contributed by atoms with Crippen LogP contribution in [-0.2, 0) is 13.1 Å². The van der Waals surface area contributed by atoms with Crippen LogP contribution in [0, 0.1) is 0 Å². The van der Waals surface area contributed by atoms with Crippen LogP contribution in [0.2, 0.25) is 0 Å². The summed E-state index contributed by atoms with van der Waals surface area (Å²) in [6.07, 6.45) is 7.74. The maximum Gasteiger partial charge on any atom is 0.128 e. The summed E-state index contributed by atoms with van der Waals surface area (Å²) in [6, 6.07) is 0. The molecule has 0 unspecified atom stereocenters. The van der Waals surface area contributed by atoms with Gasteiger partial charge in [-0.05, 0) is 6.92 Å². The summed E-state index contributed by atoms with van der Waals surface area (Å²) in [7, 11) is 0. The maximum absolute atomic E-state index is 4.38. The summed E-state index contributed by atoms with van der Waals surface area (Å²) in [4.78, 5) is 8.75. The van der Waals surface area contributed by atoms with Crippen LogP contribution in [0.15, 0.2) is 24.8 Å². The Morgan fingerprint density at radius 2 is 1.81 bits per heavy atom. The largest absolute Gasteiger partial charge is 0.334 e. The predicted octanol–water partition coefficient (Wildman–Crippen LogP) is 2.27. The standard InChI is InChI=1S/C12H18N4/c1-4-15-7-5-13-11(15)9-16-8-6-14-12(16)10(2)3/h5-8,10H,4,9H2,1-3H3. The number of imidazole rings is 2. The van der Waals surface area contributed by atoms with Crippen molar-refractivity contribution >= 4 is 0 Å². The first-order chi connectivity index (χ1) is 7.72. The van der Waals surface area contributed by atoms with Crippen LogP contribution in [0.4, 0.5) is 0 Å². The first-order valence-electron chi connectivity index (χ1n) is 5.73. The van der Waals surface area contributed by atoms with Gasteiger partial charge in [0.15, 0.2) is 0 Å². The molecule has 0 bridgehead atoms. The molecule has 0 aromatic carbocycles. The average Bonchev–Trinajstić information content (AvgIpc) is 2.86. The van der Waals surface area contributed by atoms with Gasteiger partial charge in [-0.1, -0.05) is 13.8 Å². The van der Waals surface area contributed by atoms with Gasteiger partial charge in [-0.2, -0.15) is 0 Å². The molecular formula is C12H18N4. The van der Waals surface area contributed by atoms with Gasteiger partial charge in [0.25, 0.3) is 0 Å². The fourth-order valence-electron chi connectivity index (χ4n) is 1.89. The van der Waals surface area contributed by atoms with Gasteiger partial charge in [-0.25, -0.2) is 9.97 Å². The predicted molar refractivity (Wildman–Crippen MR) is 63.3 cm³/mol. The normalized spacial score (nSPS) is 11.2. The molecule has 2 aromatic rings. The van der Waals surface area contributed by atoms with Crippen LogP contribution in [0.25, 0.3) is 0 Å². The highest BCUT2D eigenvalue weighted by Gasteiger charge is 2.09. The van der Waals surface area contributed by atoms with E-state index in [4.69, 9.17) is 0 Å². The minimum atomic E-state index is 0.444. The van der Waals surface area contributed by atoms with Gasteiger partial charge in [-0.3, -0.25) is 0 Å². The summed E-state index contributed by atoms with van der Waals surface area (Å²) in [5.41, 5.74) is 0. The quantitative estimate of drug-likeness (QED) is 0.789. The number of rotatable bonds is 4. The molecule has 0 aliphatic heterocycles. The van der Waals surface area contributed by atoms with E-state index < -0.39 is 0 Å². The van der Waals surface area contributed by atoms with Gasteiger partial charge in [0.1, 0.15) is 11.6 Å². The number of aromatic nitrogens is 4. The topological polar surface area (TPSA) is 35.6 Å². The number of aryl methyl sites for hydroxylation is 1. The fourth-order valence-corrected chi connectivity index (χ4v) is 1.89. The molecule has 16 heavy (non-hydrogen) atoms. The summed E-state index contributed by atoms with van der Waals surface area (Å²) in [5, 5.41) is 0. The van der Waals surface area contributed by atoms with Crippen LogP contribution >= 0.6 is 0 Å². The second kappa shape index (κ2) is 4.51. The van der Waals surface area contributed by atoms with E-state index in [2.05, 4.69) is 39.9 Å². The Morgan fingerprint density at radius 1 is 1.12 bits per heavy atom. The molecule has 0 aliphatic carbocycles. The molecule has 2 heterocycles. The molecule has 0 saturated heterocycles. The maximum atomic E-state index is 4.38. The van der Waals surface area contributed by atoms with E-state index in [9.17, 15) is 0 Å². The van der Waals surface area contributed by atoms with E-state index in [0.717, 1.165) is 24.7 Å². The molecule has 86 valence electrons. The zero-order valence-electron chi connectivity index (χ0n) is 10.1. The van der Waals surface area contributed by atoms with Crippen molar-refractivity contribution in [3.8, 4) is 0 Å².